The standard InChI is InChI=1S/C26H36F3N3O3/c1-3-25(7-4-17(13-25)10-18-6-9-35-16-22(18)34-2)24(33)32-15-20-12-21(32)14-31(20)23-11-19(5-8-30-23)26(27,28)29/h5,8,11,17-18,20-22H,3-4,6-7,9-10,12-16H2,1-2H3/t17-,18+,20-,21-,22+,25-/m0/s1. The fourth-order valence-corrected chi connectivity index (χ4v) is 7.07. The smallest absolute Gasteiger partial charge is 0.379 e. The number of fused-ring (bicyclic) bond motifs is 2. The lowest BCUT2D eigenvalue weighted by Crippen LogP contribution is -2.53. The minimum atomic E-state index is -4.39. The minimum absolute atomic E-state index is 0.0238. The zero-order chi connectivity index (χ0) is 24.8. The first-order valence-corrected chi connectivity index (χ1v) is 13.0. The van der Waals surface area contributed by atoms with Gasteiger partial charge in [-0.3, -0.25) is 4.79 Å². The number of rotatable bonds is 6. The summed E-state index contributed by atoms with van der Waals surface area (Å²) in [4.78, 5) is 22.1. The number of hydrogen-bond donors (Lipinski definition) is 0. The van der Waals surface area contributed by atoms with Gasteiger partial charge < -0.3 is 19.3 Å². The normalized spacial score (nSPS) is 35.2. The van der Waals surface area contributed by atoms with Crippen molar-refractivity contribution in [3.8, 4) is 0 Å². The molecule has 4 aliphatic rings. The molecule has 1 aromatic heterocycles. The molecule has 0 radical (unpaired) electrons. The van der Waals surface area contributed by atoms with Gasteiger partial charge in [0.1, 0.15) is 5.82 Å². The lowest BCUT2D eigenvalue weighted by atomic mass is 9.79. The third-order valence-corrected chi connectivity index (χ3v) is 9.09. The summed E-state index contributed by atoms with van der Waals surface area (Å²) in [7, 11) is 1.75. The third-order valence-electron chi connectivity index (χ3n) is 9.09. The highest BCUT2D eigenvalue weighted by molar-refractivity contribution is 5.84. The summed E-state index contributed by atoms with van der Waals surface area (Å²) < 4.78 is 50.8. The van der Waals surface area contributed by atoms with Crippen molar-refractivity contribution in [2.75, 3.05) is 38.3 Å². The Morgan fingerprint density at radius 1 is 1.29 bits per heavy atom. The molecule has 1 aromatic rings. The molecule has 9 heteroatoms. The number of amides is 1. The van der Waals surface area contributed by atoms with E-state index in [1.54, 1.807) is 7.11 Å². The average Bonchev–Trinajstić information content (AvgIpc) is 3.58. The monoisotopic (exact) mass is 495 g/mol. The van der Waals surface area contributed by atoms with E-state index in [1.807, 2.05) is 9.80 Å². The number of aromatic nitrogens is 1. The molecule has 0 N–H and O–H groups in total. The van der Waals surface area contributed by atoms with E-state index in [-0.39, 0.29) is 29.5 Å². The van der Waals surface area contributed by atoms with Crippen molar-refractivity contribution in [1.82, 2.24) is 9.88 Å². The summed E-state index contributed by atoms with van der Waals surface area (Å²) in [5.74, 6) is 1.61. The number of pyridine rings is 1. The van der Waals surface area contributed by atoms with Crippen LogP contribution < -0.4 is 4.90 Å². The number of carbonyl (C=O) groups excluding carboxylic acids is 1. The summed E-state index contributed by atoms with van der Waals surface area (Å²) in [5.41, 5.74) is -0.998. The van der Waals surface area contributed by atoms with E-state index < -0.39 is 11.7 Å². The van der Waals surface area contributed by atoms with Crippen molar-refractivity contribution >= 4 is 11.7 Å². The summed E-state index contributed by atoms with van der Waals surface area (Å²) in [6.45, 7) is 4.67. The summed E-state index contributed by atoms with van der Waals surface area (Å²) >= 11 is 0. The number of halogens is 3. The number of hydrogen-bond acceptors (Lipinski definition) is 5. The zero-order valence-corrected chi connectivity index (χ0v) is 20.6. The Morgan fingerprint density at radius 2 is 2.11 bits per heavy atom. The van der Waals surface area contributed by atoms with Gasteiger partial charge in [-0.2, -0.15) is 13.2 Å². The molecule has 6 nitrogen and oxygen atoms in total. The number of alkyl halides is 3. The number of anilines is 1. The van der Waals surface area contributed by atoms with Crippen molar-refractivity contribution in [2.24, 2.45) is 17.3 Å². The van der Waals surface area contributed by atoms with Crippen LogP contribution in [-0.4, -0.2) is 67.4 Å². The minimum Gasteiger partial charge on any atom is -0.379 e. The average molecular weight is 496 g/mol. The van der Waals surface area contributed by atoms with E-state index in [4.69, 9.17) is 9.47 Å². The lowest BCUT2D eigenvalue weighted by Gasteiger charge is -2.40. The van der Waals surface area contributed by atoms with Gasteiger partial charge in [0.2, 0.25) is 5.91 Å². The van der Waals surface area contributed by atoms with Gasteiger partial charge in [0.25, 0.3) is 0 Å². The number of nitrogens with zero attached hydrogens (tertiary/aromatic N) is 3. The van der Waals surface area contributed by atoms with Crippen LogP contribution >= 0.6 is 0 Å². The highest BCUT2D eigenvalue weighted by Gasteiger charge is 2.53. The van der Waals surface area contributed by atoms with E-state index in [0.29, 0.717) is 37.4 Å². The van der Waals surface area contributed by atoms with Gasteiger partial charge in [0.05, 0.1) is 30.4 Å². The molecule has 0 spiro atoms. The Labute approximate surface area is 205 Å². The highest BCUT2D eigenvalue weighted by atomic mass is 19.4. The highest BCUT2D eigenvalue weighted by Crippen LogP contribution is 2.50. The second-order valence-corrected chi connectivity index (χ2v) is 10.9. The molecular formula is C26H36F3N3O3. The molecule has 194 valence electrons. The van der Waals surface area contributed by atoms with E-state index in [9.17, 15) is 18.0 Å². The van der Waals surface area contributed by atoms with Crippen molar-refractivity contribution in [2.45, 2.75) is 76.2 Å². The fourth-order valence-electron chi connectivity index (χ4n) is 7.07. The molecule has 4 fully saturated rings. The first-order valence-electron chi connectivity index (χ1n) is 13.0. The fraction of sp³-hybridized carbons (Fsp3) is 0.769. The number of methoxy groups -OCH3 is 1. The Morgan fingerprint density at radius 3 is 2.80 bits per heavy atom. The van der Waals surface area contributed by atoms with Crippen LogP contribution in [0.25, 0.3) is 0 Å². The molecule has 0 aromatic carbocycles. The molecule has 1 saturated carbocycles. The SMILES string of the molecule is CC[C@]1(C(=O)N2C[C@@H]3C[C@H]2CN3c2cc(C(F)(F)F)ccn2)CC[C@@H](C[C@H]2CCOC[C@H]2OC)C1. The largest absolute Gasteiger partial charge is 0.416 e. The Balaban J connectivity index is 1.23. The van der Waals surface area contributed by atoms with Crippen molar-refractivity contribution in [3.63, 3.8) is 0 Å². The second kappa shape index (κ2) is 9.54. The number of likely N-dealkylation sites (tertiary alicyclic amines) is 1. The van der Waals surface area contributed by atoms with Crippen LogP contribution in [0.3, 0.4) is 0 Å². The second-order valence-electron chi connectivity index (χ2n) is 10.9. The molecule has 5 rings (SSSR count). The molecule has 2 bridgehead atoms. The van der Waals surface area contributed by atoms with E-state index >= 15 is 0 Å². The molecule has 3 aliphatic heterocycles. The maximum absolute atomic E-state index is 13.9. The number of ether oxygens (including phenoxy) is 2. The van der Waals surface area contributed by atoms with E-state index in [2.05, 4.69) is 11.9 Å². The van der Waals surface area contributed by atoms with Gasteiger partial charge in [-0.15, -0.1) is 0 Å². The summed E-state index contributed by atoms with van der Waals surface area (Å²) in [6, 6.07) is 2.20. The van der Waals surface area contributed by atoms with E-state index in [1.165, 1.54) is 6.20 Å². The maximum Gasteiger partial charge on any atom is 0.416 e. The molecule has 4 heterocycles. The number of piperazine rings is 1. The van der Waals surface area contributed by atoms with Gasteiger partial charge in [0, 0.05) is 38.4 Å². The van der Waals surface area contributed by atoms with Crippen LogP contribution in [0, 0.1) is 17.3 Å². The molecular weight excluding hydrogens is 459 g/mol. The number of carbonyl (C=O) groups is 1. The van der Waals surface area contributed by atoms with Crippen molar-refractivity contribution < 1.29 is 27.4 Å². The molecule has 1 amide bonds. The zero-order valence-electron chi connectivity index (χ0n) is 20.6. The lowest BCUT2D eigenvalue weighted by molar-refractivity contribution is -0.143. The maximum atomic E-state index is 13.9. The van der Waals surface area contributed by atoms with Gasteiger partial charge >= 0.3 is 6.18 Å². The molecule has 1 aliphatic carbocycles. The molecule has 6 atom stereocenters. The third kappa shape index (κ3) is 4.66. The van der Waals surface area contributed by atoms with Gasteiger partial charge in [-0.05, 0) is 68.9 Å². The Hall–Kier alpha value is -1.87. The summed E-state index contributed by atoms with van der Waals surface area (Å²) in [6.07, 6.45) is 3.60. The van der Waals surface area contributed by atoms with Crippen molar-refractivity contribution in [1.29, 1.82) is 0 Å². The Kier molecular flexibility index (Phi) is 6.76. The van der Waals surface area contributed by atoms with Gasteiger partial charge in [-0.25, -0.2) is 4.98 Å². The predicted octanol–water partition coefficient (Wildman–Crippen LogP) is 4.53. The first kappa shape index (κ1) is 24.8. The Bertz CT molecular complexity index is 929. The van der Waals surface area contributed by atoms with Gasteiger partial charge in [0.15, 0.2) is 0 Å². The van der Waals surface area contributed by atoms with Crippen LogP contribution in [0.4, 0.5) is 19.0 Å². The van der Waals surface area contributed by atoms with Crippen LogP contribution in [0.5, 0.6) is 0 Å². The van der Waals surface area contributed by atoms with Gasteiger partial charge in [-0.1, -0.05) is 6.92 Å². The van der Waals surface area contributed by atoms with Crippen LogP contribution in [0.2, 0.25) is 0 Å². The van der Waals surface area contributed by atoms with Crippen LogP contribution in [0.1, 0.15) is 57.4 Å². The molecule has 0 unspecified atom stereocenters. The quantitative estimate of drug-likeness (QED) is 0.581. The summed E-state index contributed by atoms with van der Waals surface area (Å²) in [5, 5.41) is 0. The van der Waals surface area contributed by atoms with E-state index in [0.717, 1.165) is 63.7 Å². The topological polar surface area (TPSA) is 54.9 Å². The van der Waals surface area contributed by atoms with Crippen LogP contribution in [0.15, 0.2) is 18.3 Å². The predicted molar refractivity (Wildman–Crippen MR) is 125 cm³/mol. The molecule has 3 saturated heterocycles. The first-order chi connectivity index (χ1) is 16.7. The van der Waals surface area contributed by atoms with Crippen LogP contribution in [-0.2, 0) is 20.4 Å². The molecule has 35 heavy (non-hydrogen) atoms. The van der Waals surface area contributed by atoms with Crippen molar-refractivity contribution in [3.05, 3.63) is 23.9 Å².